The van der Waals surface area contributed by atoms with Gasteiger partial charge in [0.1, 0.15) is 23.9 Å². The van der Waals surface area contributed by atoms with E-state index in [1.807, 2.05) is 61.5 Å². The second-order valence-electron chi connectivity index (χ2n) is 6.37. The first-order valence-corrected chi connectivity index (χ1v) is 9.21. The smallest absolute Gasteiger partial charge is 0.231 e. The van der Waals surface area contributed by atoms with Crippen molar-refractivity contribution in [2.45, 2.75) is 13.5 Å². The second-order valence-corrected chi connectivity index (χ2v) is 6.37. The molecule has 3 aromatic rings. The average Bonchev–Trinajstić information content (AvgIpc) is 3.04. The predicted molar refractivity (Wildman–Crippen MR) is 108 cm³/mol. The Hall–Kier alpha value is -3.53. The summed E-state index contributed by atoms with van der Waals surface area (Å²) in [6.07, 6.45) is 1.74. The number of carbonyl (C=O) groups excluding carboxylic acids is 1. The molecule has 0 aromatic heterocycles. The number of hydrogen-bond acceptors (Lipinski definition) is 4. The number of allylic oxidation sites excluding steroid dienone is 1. The van der Waals surface area contributed by atoms with Crippen LogP contribution in [0.15, 0.2) is 78.6 Å². The van der Waals surface area contributed by atoms with Gasteiger partial charge in [-0.25, -0.2) is 0 Å². The lowest BCUT2D eigenvalue weighted by Crippen LogP contribution is -1.98. The molecule has 0 N–H and O–H groups in total. The molecule has 0 bridgehead atoms. The second kappa shape index (κ2) is 8.01. The zero-order valence-corrected chi connectivity index (χ0v) is 15.6. The molecular formula is C24H20O4. The molecule has 0 aliphatic carbocycles. The van der Waals surface area contributed by atoms with E-state index in [9.17, 15) is 4.79 Å². The van der Waals surface area contributed by atoms with E-state index in [4.69, 9.17) is 14.2 Å². The van der Waals surface area contributed by atoms with Crippen molar-refractivity contribution in [1.82, 2.24) is 0 Å². The number of ether oxygens (including phenoxy) is 3. The van der Waals surface area contributed by atoms with Gasteiger partial charge in [0.15, 0.2) is 5.76 Å². The highest BCUT2D eigenvalue weighted by Gasteiger charge is 2.27. The van der Waals surface area contributed by atoms with Crippen LogP contribution in [0.25, 0.3) is 6.08 Å². The van der Waals surface area contributed by atoms with Crippen molar-refractivity contribution < 1.29 is 19.0 Å². The van der Waals surface area contributed by atoms with Gasteiger partial charge < -0.3 is 14.2 Å². The zero-order chi connectivity index (χ0) is 19.3. The van der Waals surface area contributed by atoms with Crippen LogP contribution in [0.5, 0.6) is 17.2 Å². The van der Waals surface area contributed by atoms with Gasteiger partial charge >= 0.3 is 0 Å². The fourth-order valence-electron chi connectivity index (χ4n) is 2.98. The highest BCUT2D eigenvalue weighted by atomic mass is 16.5. The summed E-state index contributed by atoms with van der Waals surface area (Å²) in [7, 11) is 0. The molecule has 28 heavy (non-hydrogen) atoms. The van der Waals surface area contributed by atoms with Gasteiger partial charge in [-0.05, 0) is 48.4 Å². The lowest BCUT2D eigenvalue weighted by Gasteiger charge is -2.07. The van der Waals surface area contributed by atoms with Crippen molar-refractivity contribution in [3.8, 4) is 17.2 Å². The van der Waals surface area contributed by atoms with E-state index in [1.165, 1.54) is 0 Å². The van der Waals surface area contributed by atoms with Crippen LogP contribution in [0.2, 0.25) is 0 Å². The van der Waals surface area contributed by atoms with Crippen LogP contribution in [0.3, 0.4) is 0 Å². The lowest BCUT2D eigenvalue weighted by atomic mass is 10.1. The van der Waals surface area contributed by atoms with Crippen LogP contribution in [0.4, 0.5) is 0 Å². The van der Waals surface area contributed by atoms with Gasteiger partial charge in [-0.1, -0.05) is 42.5 Å². The molecule has 0 fully saturated rings. The Morgan fingerprint density at radius 2 is 1.64 bits per heavy atom. The van der Waals surface area contributed by atoms with Gasteiger partial charge in [0, 0.05) is 6.07 Å². The number of carbonyl (C=O) groups is 1. The van der Waals surface area contributed by atoms with E-state index < -0.39 is 0 Å². The lowest BCUT2D eigenvalue weighted by molar-refractivity contribution is 0.101. The monoisotopic (exact) mass is 372 g/mol. The largest absolute Gasteiger partial charge is 0.494 e. The van der Waals surface area contributed by atoms with Gasteiger partial charge in [0.2, 0.25) is 5.78 Å². The van der Waals surface area contributed by atoms with Crippen LogP contribution in [-0.2, 0) is 6.61 Å². The average molecular weight is 372 g/mol. The summed E-state index contributed by atoms with van der Waals surface area (Å²) < 4.78 is 17.0. The number of ketones is 1. The summed E-state index contributed by atoms with van der Waals surface area (Å²) >= 11 is 0. The van der Waals surface area contributed by atoms with E-state index in [0.717, 1.165) is 16.9 Å². The Balaban J connectivity index is 1.48. The summed E-state index contributed by atoms with van der Waals surface area (Å²) in [4.78, 5) is 12.6. The van der Waals surface area contributed by atoms with Crippen LogP contribution in [0, 0.1) is 0 Å². The third-order valence-corrected chi connectivity index (χ3v) is 4.38. The number of fused-ring (bicyclic) bond motifs is 1. The maximum Gasteiger partial charge on any atom is 0.231 e. The molecule has 1 heterocycles. The summed E-state index contributed by atoms with van der Waals surface area (Å²) in [6.45, 7) is 3.02. The maximum atomic E-state index is 12.6. The summed E-state index contributed by atoms with van der Waals surface area (Å²) in [5.74, 6) is 2.16. The van der Waals surface area contributed by atoms with Crippen molar-refractivity contribution >= 4 is 11.9 Å². The Kier molecular flexibility index (Phi) is 5.11. The maximum absolute atomic E-state index is 12.6. The predicted octanol–water partition coefficient (Wildman–Crippen LogP) is 5.28. The Morgan fingerprint density at radius 3 is 2.39 bits per heavy atom. The molecule has 3 aromatic carbocycles. The molecule has 0 amide bonds. The zero-order valence-electron chi connectivity index (χ0n) is 15.6. The number of benzene rings is 3. The van der Waals surface area contributed by atoms with Crippen molar-refractivity contribution in [2.75, 3.05) is 6.61 Å². The first kappa shape index (κ1) is 17.9. The number of hydrogen-bond donors (Lipinski definition) is 0. The van der Waals surface area contributed by atoms with Crippen molar-refractivity contribution in [3.63, 3.8) is 0 Å². The van der Waals surface area contributed by atoms with Crippen LogP contribution < -0.4 is 14.2 Å². The topological polar surface area (TPSA) is 44.8 Å². The summed E-state index contributed by atoms with van der Waals surface area (Å²) in [5, 5.41) is 0. The molecule has 4 rings (SSSR count). The fourth-order valence-corrected chi connectivity index (χ4v) is 2.98. The first-order valence-electron chi connectivity index (χ1n) is 9.21. The minimum Gasteiger partial charge on any atom is -0.494 e. The molecule has 0 saturated heterocycles. The van der Waals surface area contributed by atoms with Gasteiger partial charge in [-0.15, -0.1) is 0 Å². The third-order valence-electron chi connectivity index (χ3n) is 4.38. The van der Waals surface area contributed by atoms with Crippen LogP contribution in [-0.4, -0.2) is 12.4 Å². The van der Waals surface area contributed by atoms with Gasteiger partial charge in [0.05, 0.1) is 12.2 Å². The number of Topliss-reactive ketones (excluding diaryl/α,β-unsaturated/α-hetero) is 1. The van der Waals surface area contributed by atoms with Crippen molar-refractivity contribution in [3.05, 3.63) is 95.2 Å². The highest BCUT2D eigenvalue weighted by Crippen LogP contribution is 2.35. The third kappa shape index (κ3) is 3.91. The quantitative estimate of drug-likeness (QED) is 0.552. The van der Waals surface area contributed by atoms with Gasteiger partial charge in [0.25, 0.3) is 0 Å². The Bertz CT molecular complexity index is 1000. The standard InChI is InChI=1S/C24H20O4/c1-2-26-19-10-8-17(9-11-19)14-23-24(25)21-13-12-20(15-22(21)28-23)27-16-18-6-4-3-5-7-18/h3-15H,2,16H2,1H3/b23-14-. The fraction of sp³-hybridized carbons (Fsp3) is 0.125. The minimum atomic E-state index is -0.126. The van der Waals surface area contributed by atoms with Crippen LogP contribution >= 0.6 is 0 Å². The molecule has 0 atom stereocenters. The van der Waals surface area contributed by atoms with E-state index >= 15 is 0 Å². The molecule has 0 saturated carbocycles. The molecule has 0 spiro atoms. The van der Waals surface area contributed by atoms with E-state index in [1.54, 1.807) is 24.3 Å². The van der Waals surface area contributed by atoms with E-state index in [2.05, 4.69) is 0 Å². The highest BCUT2D eigenvalue weighted by molar-refractivity contribution is 6.14. The first-order chi connectivity index (χ1) is 13.7. The van der Waals surface area contributed by atoms with Crippen molar-refractivity contribution in [1.29, 1.82) is 0 Å². The molecule has 4 heteroatoms. The summed E-state index contributed by atoms with van der Waals surface area (Å²) in [5.41, 5.74) is 2.50. The van der Waals surface area contributed by atoms with Crippen molar-refractivity contribution in [2.24, 2.45) is 0 Å². The number of rotatable bonds is 6. The normalized spacial score (nSPS) is 13.9. The van der Waals surface area contributed by atoms with Gasteiger partial charge in [-0.3, -0.25) is 4.79 Å². The molecule has 1 aliphatic heterocycles. The van der Waals surface area contributed by atoms with E-state index in [0.29, 0.717) is 36.0 Å². The van der Waals surface area contributed by atoms with E-state index in [-0.39, 0.29) is 5.78 Å². The molecule has 1 aliphatic rings. The Labute approximate surface area is 164 Å². The molecule has 0 unspecified atom stereocenters. The molecule has 0 radical (unpaired) electrons. The van der Waals surface area contributed by atoms with Gasteiger partial charge in [-0.2, -0.15) is 0 Å². The molecule has 140 valence electrons. The molecule has 4 nitrogen and oxygen atoms in total. The summed E-state index contributed by atoms with van der Waals surface area (Å²) in [6, 6.07) is 22.8. The Morgan fingerprint density at radius 1 is 0.893 bits per heavy atom. The SMILES string of the molecule is CCOc1ccc(/C=C2\Oc3cc(OCc4ccccc4)ccc3C2=O)cc1. The molecular weight excluding hydrogens is 352 g/mol. The minimum absolute atomic E-state index is 0.126. The van der Waals surface area contributed by atoms with Crippen LogP contribution in [0.1, 0.15) is 28.4 Å².